The number of hydrogen-bond acceptors (Lipinski definition) is 3. The van der Waals surface area contributed by atoms with Crippen LogP contribution in [0.15, 0.2) is 6.20 Å². The second kappa shape index (κ2) is 5.85. The number of nitrogens with zero attached hydrogens (tertiary/aromatic N) is 2. The lowest BCUT2D eigenvalue weighted by atomic mass is 9.99. The molecule has 0 aromatic carbocycles. The number of hydrogen-bond donors (Lipinski definition) is 1. The van der Waals surface area contributed by atoms with Gasteiger partial charge in [-0.25, -0.2) is 0 Å². The highest BCUT2D eigenvalue weighted by atomic mass is 16.5. The van der Waals surface area contributed by atoms with Crippen LogP contribution in [0, 0.1) is 6.92 Å². The topological polar surface area (TPSA) is 39.1 Å². The fourth-order valence-corrected chi connectivity index (χ4v) is 2.70. The van der Waals surface area contributed by atoms with Crippen molar-refractivity contribution < 1.29 is 4.74 Å². The van der Waals surface area contributed by atoms with E-state index in [1.807, 2.05) is 17.9 Å². The number of nitrogens with one attached hydrogen (secondary N) is 1. The van der Waals surface area contributed by atoms with E-state index >= 15 is 0 Å². The van der Waals surface area contributed by atoms with E-state index in [4.69, 9.17) is 4.74 Å². The Morgan fingerprint density at radius 3 is 3.00 bits per heavy atom. The summed E-state index contributed by atoms with van der Waals surface area (Å²) in [6.07, 6.45) is 5.75. The Morgan fingerprint density at radius 1 is 1.61 bits per heavy atom. The third-order valence-electron chi connectivity index (χ3n) is 4.05. The van der Waals surface area contributed by atoms with Crippen LogP contribution in [0.1, 0.15) is 50.4 Å². The number of aryl methyl sites for hydroxylation is 1. The van der Waals surface area contributed by atoms with Crippen molar-refractivity contribution in [1.29, 1.82) is 0 Å². The lowest BCUT2D eigenvalue weighted by molar-refractivity contribution is -0.00166. The summed E-state index contributed by atoms with van der Waals surface area (Å²) in [7, 11) is 1.99. The van der Waals surface area contributed by atoms with Crippen molar-refractivity contribution in [2.75, 3.05) is 6.61 Å². The third-order valence-corrected chi connectivity index (χ3v) is 4.05. The minimum Gasteiger partial charge on any atom is -0.378 e. The zero-order chi connectivity index (χ0) is 13.1. The predicted molar refractivity (Wildman–Crippen MR) is 72.5 cm³/mol. The summed E-state index contributed by atoms with van der Waals surface area (Å²) in [4.78, 5) is 0. The molecule has 3 unspecified atom stereocenters. The van der Waals surface area contributed by atoms with E-state index in [1.165, 1.54) is 11.3 Å². The molecule has 4 nitrogen and oxygen atoms in total. The summed E-state index contributed by atoms with van der Waals surface area (Å²) < 4.78 is 7.65. The number of aromatic nitrogens is 2. The summed E-state index contributed by atoms with van der Waals surface area (Å²) in [5, 5.41) is 8.03. The Bertz CT molecular complexity index is 388. The van der Waals surface area contributed by atoms with Crippen LogP contribution in [-0.2, 0) is 11.8 Å². The number of ether oxygens (including phenoxy) is 1. The van der Waals surface area contributed by atoms with Crippen LogP contribution in [0.2, 0.25) is 0 Å². The zero-order valence-corrected chi connectivity index (χ0v) is 11.9. The molecule has 102 valence electrons. The van der Waals surface area contributed by atoms with Gasteiger partial charge in [0.15, 0.2) is 0 Å². The first-order valence-corrected chi connectivity index (χ1v) is 6.98. The molecular formula is C14H25N3O. The van der Waals surface area contributed by atoms with Gasteiger partial charge >= 0.3 is 0 Å². The van der Waals surface area contributed by atoms with Crippen LogP contribution in [0.25, 0.3) is 0 Å². The molecule has 18 heavy (non-hydrogen) atoms. The average Bonchev–Trinajstić information content (AvgIpc) is 2.70. The van der Waals surface area contributed by atoms with Gasteiger partial charge in [-0.2, -0.15) is 5.10 Å². The molecule has 2 heterocycles. The van der Waals surface area contributed by atoms with Crippen molar-refractivity contribution in [3.8, 4) is 0 Å². The molecule has 2 rings (SSSR count). The van der Waals surface area contributed by atoms with Crippen LogP contribution in [0.4, 0.5) is 0 Å². The average molecular weight is 251 g/mol. The fraction of sp³-hybridized carbons (Fsp3) is 0.786. The first-order chi connectivity index (χ1) is 8.61. The second-order valence-electron chi connectivity index (χ2n) is 5.32. The van der Waals surface area contributed by atoms with Gasteiger partial charge in [0.05, 0.1) is 12.3 Å². The second-order valence-corrected chi connectivity index (χ2v) is 5.32. The molecule has 1 N–H and O–H groups in total. The summed E-state index contributed by atoms with van der Waals surface area (Å²) in [5.41, 5.74) is 2.55. The van der Waals surface area contributed by atoms with Gasteiger partial charge in [-0.05, 0) is 33.1 Å². The quantitative estimate of drug-likeness (QED) is 0.892. The molecule has 1 aromatic rings. The maximum absolute atomic E-state index is 5.72. The lowest BCUT2D eigenvalue weighted by Gasteiger charge is -2.31. The maximum Gasteiger partial charge on any atom is 0.0587 e. The minimum absolute atomic E-state index is 0.360. The SMILES string of the molecule is CCC1CC(NC(C)c2cnn(C)c2C)CCO1. The normalized spacial score (nSPS) is 26.2. The first-order valence-electron chi connectivity index (χ1n) is 6.98. The Kier molecular flexibility index (Phi) is 4.40. The molecule has 1 aromatic heterocycles. The Labute approximate surface area is 110 Å². The van der Waals surface area contributed by atoms with E-state index in [-0.39, 0.29) is 0 Å². The van der Waals surface area contributed by atoms with Crippen molar-refractivity contribution in [1.82, 2.24) is 15.1 Å². The lowest BCUT2D eigenvalue weighted by Crippen LogP contribution is -2.40. The standard InChI is InChI=1S/C14H25N3O/c1-5-13-8-12(6-7-18-13)16-10(2)14-9-15-17(4)11(14)3/h9-10,12-13,16H,5-8H2,1-4H3. The van der Waals surface area contributed by atoms with Gasteiger partial charge in [-0.1, -0.05) is 6.92 Å². The van der Waals surface area contributed by atoms with E-state index < -0.39 is 0 Å². The Hall–Kier alpha value is -0.870. The molecule has 1 aliphatic heterocycles. The Balaban J connectivity index is 1.94. The highest BCUT2D eigenvalue weighted by Gasteiger charge is 2.23. The van der Waals surface area contributed by atoms with Crippen LogP contribution in [-0.4, -0.2) is 28.5 Å². The van der Waals surface area contributed by atoms with Crippen LogP contribution >= 0.6 is 0 Å². The molecule has 0 spiro atoms. The molecule has 0 amide bonds. The summed E-state index contributed by atoms with van der Waals surface area (Å²) >= 11 is 0. The predicted octanol–water partition coefficient (Wildman–Crippen LogP) is 2.34. The smallest absolute Gasteiger partial charge is 0.0587 e. The molecule has 0 bridgehead atoms. The van der Waals surface area contributed by atoms with Crippen molar-refractivity contribution in [2.45, 2.75) is 58.2 Å². The van der Waals surface area contributed by atoms with Gasteiger partial charge in [0.1, 0.15) is 0 Å². The van der Waals surface area contributed by atoms with Gasteiger partial charge in [0.25, 0.3) is 0 Å². The summed E-state index contributed by atoms with van der Waals surface area (Å²) in [5.74, 6) is 0. The van der Waals surface area contributed by atoms with Gasteiger partial charge in [-0.15, -0.1) is 0 Å². The van der Waals surface area contributed by atoms with Crippen LogP contribution < -0.4 is 5.32 Å². The molecule has 0 saturated carbocycles. The molecule has 1 fully saturated rings. The third kappa shape index (κ3) is 2.93. The summed E-state index contributed by atoms with van der Waals surface area (Å²) in [6, 6.07) is 0.928. The molecular weight excluding hydrogens is 226 g/mol. The van der Waals surface area contributed by atoms with E-state index in [1.54, 1.807) is 0 Å². The van der Waals surface area contributed by atoms with E-state index in [0.29, 0.717) is 18.2 Å². The molecule has 4 heteroatoms. The fourth-order valence-electron chi connectivity index (χ4n) is 2.70. The maximum atomic E-state index is 5.72. The van der Waals surface area contributed by atoms with Gasteiger partial charge in [-0.3, -0.25) is 4.68 Å². The monoisotopic (exact) mass is 251 g/mol. The van der Waals surface area contributed by atoms with Crippen molar-refractivity contribution in [2.24, 2.45) is 7.05 Å². The Morgan fingerprint density at radius 2 is 2.39 bits per heavy atom. The van der Waals surface area contributed by atoms with Crippen molar-refractivity contribution in [3.63, 3.8) is 0 Å². The molecule has 3 atom stereocenters. The highest BCUT2D eigenvalue weighted by Crippen LogP contribution is 2.21. The van der Waals surface area contributed by atoms with E-state index in [0.717, 1.165) is 25.9 Å². The zero-order valence-electron chi connectivity index (χ0n) is 11.9. The highest BCUT2D eigenvalue weighted by molar-refractivity contribution is 5.19. The van der Waals surface area contributed by atoms with Gasteiger partial charge in [0, 0.05) is 37.0 Å². The van der Waals surface area contributed by atoms with Gasteiger partial charge in [0.2, 0.25) is 0 Å². The largest absolute Gasteiger partial charge is 0.378 e. The van der Waals surface area contributed by atoms with E-state index in [9.17, 15) is 0 Å². The van der Waals surface area contributed by atoms with Crippen LogP contribution in [0.5, 0.6) is 0 Å². The summed E-state index contributed by atoms with van der Waals surface area (Å²) in [6.45, 7) is 7.43. The molecule has 0 radical (unpaired) electrons. The van der Waals surface area contributed by atoms with Crippen molar-refractivity contribution in [3.05, 3.63) is 17.5 Å². The van der Waals surface area contributed by atoms with Gasteiger partial charge < -0.3 is 10.1 Å². The van der Waals surface area contributed by atoms with E-state index in [2.05, 4.69) is 31.2 Å². The number of rotatable bonds is 4. The van der Waals surface area contributed by atoms with Crippen molar-refractivity contribution >= 4 is 0 Å². The molecule has 1 saturated heterocycles. The molecule has 1 aliphatic rings. The molecule has 0 aliphatic carbocycles. The minimum atomic E-state index is 0.360. The van der Waals surface area contributed by atoms with Crippen LogP contribution in [0.3, 0.4) is 0 Å². The first kappa shape index (κ1) is 13.6.